The number of hydrogen-bond donors (Lipinski definition) is 4. The number of alkyl halides is 5. The van der Waals surface area contributed by atoms with Crippen molar-refractivity contribution in [2.24, 2.45) is 5.92 Å². The molecule has 0 bridgehead atoms. The molecule has 1 aromatic heterocycles. The van der Waals surface area contributed by atoms with E-state index >= 15 is 0 Å². The van der Waals surface area contributed by atoms with Crippen molar-refractivity contribution < 1.29 is 49.8 Å². The van der Waals surface area contributed by atoms with Gasteiger partial charge in [-0.1, -0.05) is 60.7 Å². The number of amides is 2. The highest BCUT2D eigenvalue weighted by Crippen LogP contribution is 2.45. The molecule has 5 N–H and O–H groups in total. The van der Waals surface area contributed by atoms with Gasteiger partial charge in [-0.05, 0) is 53.4 Å². The molecular formula is C36H37F5N4O6S2. The highest BCUT2D eigenvalue weighted by atomic mass is 32.2. The molecule has 17 heteroatoms. The summed E-state index contributed by atoms with van der Waals surface area (Å²) in [6.07, 6.45) is -7.37. The quantitative estimate of drug-likeness (QED) is 0.0858. The first-order valence-electron chi connectivity index (χ1n) is 16.3. The second-order valence-corrected chi connectivity index (χ2v) is 15.6. The van der Waals surface area contributed by atoms with Crippen LogP contribution in [0.4, 0.5) is 32.4 Å². The van der Waals surface area contributed by atoms with E-state index in [9.17, 15) is 45.1 Å². The van der Waals surface area contributed by atoms with Crippen molar-refractivity contribution in [2.45, 2.75) is 53.9 Å². The number of nitrogens with one attached hydrogen (secondary N) is 2. The van der Waals surface area contributed by atoms with E-state index in [1.807, 2.05) is 5.32 Å². The van der Waals surface area contributed by atoms with Crippen molar-refractivity contribution in [3.8, 4) is 0 Å². The summed E-state index contributed by atoms with van der Waals surface area (Å²) in [4.78, 5) is 25.7. The maximum atomic E-state index is 14.8. The number of halogens is 5. The van der Waals surface area contributed by atoms with E-state index in [0.29, 0.717) is 22.5 Å². The largest absolute Gasteiger partial charge is 0.453 e. The minimum Gasteiger partial charge on any atom is -0.453 e. The molecule has 10 nitrogen and oxygen atoms in total. The summed E-state index contributed by atoms with van der Waals surface area (Å²) in [7, 11) is -3.45. The molecule has 5 rings (SSSR count). The van der Waals surface area contributed by atoms with Crippen LogP contribution in [-0.2, 0) is 19.6 Å². The number of thiophene rings is 1. The number of alkyl carbamates (subject to hydrolysis) is 1. The minimum absolute atomic E-state index is 0.0354. The van der Waals surface area contributed by atoms with Gasteiger partial charge in [0.15, 0.2) is 6.04 Å². The number of nitrogens with zero attached hydrogens (tertiary/aromatic N) is 1. The Bertz CT molecular complexity index is 1920. The molecule has 3 aromatic carbocycles. The molecular weight excluding hydrogens is 744 g/mol. The molecule has 0 radical (unpaired) electrons. The Hall–Kier alpha value is -4.58. The Morgan fingerprint density at radius 3 is 1.96 bits per heavy atom. The van der Waals surface area contributed by atoms with Crippen LogP contribution in [0.15, 0.2) is 102 Å². The third-order valence-electron chi connectivity index (χ3n) is 8.89. The van der Waals surface area contributed by atoms with E-state index in [0.717, 1.165) is 17.5 Å². The summed E-state index contributed by atoms with van der Waals surface area (Å²) in [6, 6.07) is 18.3. The van der Waals surface area contributed by atoms with Crippen molar-refractivity contribution in [3.05, 3.63) is 118 Å². The molecule has 1 heterocycles. The first-order valence-corrected chi connectivity index (χ1v) is 18.6. The molecule has 0 aliphatic heterocycles. The van der Waals surface area contributed by atoms with Gasteiger partial charge in [0.2, 0.25) is 21.9 Å². The third-order valence-corrected chi connectivity index (χ3v) is 12.0. The fourth-order valence-corrected chi connectivity index (χ4v) is 9.23. The predicted octanol–water partition coefficient (Wildman–Crippen LogP) is 6.38. The highest BCUT2D eigenvalue weighted by Gasteiger charge is 2.49. The summed E-state index contributed by atoms with van der Waals surface area (Å²) in [5.74, 6) is -5.95. The van der Waals surface area contributed by atoms with Crippen LogP contribution in [0, 0.1) is 5.92 Å². The molecule has 1 saturated carbocycles. The predicted molar refractivity (Wildman–Crippen MR) is 188 cm³/mol. The number of benzene rings is 3. The fourth-order valence-electron chi connectivity index (χ4n) is 6.29. The molecule has 0 unspecified atom stereocenters. The number of carbonyl (C=O) groups is 2. The zero-order valence-electron chi connectivity index (χ0n) is 28.2. The Morgan fingerprint density at radius 1 is 0.925 bits per heavy atom. The lowest BCUT2D eigenvalue weighted by atomic mass is 9.81. The van der Waals surface area contributed by atoms with E-state index in [1.54, 1.807) is 60.7 Å². The van der Waals surface area contributed by atoms with Crippen LogP contribution >= 0.6 is 11.3 Å². The zero-order valence-corrected chi connectivity index (χ0v) is 29.8. The molecule has 0 saturated heterocycles. The maximum Gasteiger partial charge on any atom is 0.413 e. The summed E-state index contributed by atoms with van der Waals surface area (Å²) < 4.78 is 105. The molecule has 4 aromatic rings. The zero-order chi connectivity index (χ0) is 38.6. The van der Waals surface area contributed by atoms with E-state index < -0.39 is 95.0 Å². The van der Waals surface area contributed by atoms with Gasteiger partial charge in [-0.15, -0.1) is 11.3 Å². The van der Waals surface area contributed by atoms with Crippen LogP contribution in [0.1, 0.15) is 51.7 Å². The monoisotopic (exact) mass is 780 g/mol. The average molecular weight is 781 g/mol. The van der Waals surface area contributed by atoms with Gasteiger partial charge < -0.3 is 26.2 Å². The third kappa shape index (κ3) is 9.33. The van der Waals surface area contributed by atoms with Gasteiger partial charge in [-0.3, -0.25) is 4.79 Å². The van der Waals surface area contributed by atoms with Gasteiger partial charge in [-0.2, -0.15) is 17.5 Å². The van der Waals surface area contributed by atoms with Crippen molar-refractivity contribution >= 4 is 39.0 Å². The van der Waals surface area contributed by atoms with E-state index in [4.69, 9.17) is 10.5 Å². The number of nitrogen functional groups attached to an aromatic ring is 1. The number of ether oxygens (including phenoxy) is 1. The normalized spacial score (nSPS) is 16.4. The number of sulfonamides is 1. The molecule has 53 heavy (non-hydrogen) atoms. The second kappa shape index (κ2) is 16.2. The van der Waals surface area contributed by atoms with Gasteiger partial charge in [0.05, 0.1) is 24.7 Å². The lowest BCUT2D eigenvalue weighted by molar-refractivity contribution is -0.163. The number of aliphatic hydroxyl groups is 1. The van der Waals surface area contributed by atoms with Gasteiger partial charge in [-0.25, -0.2) is 22.0 Å². The summed E-state index contributed by atoms with van der Waals surface area (Å²) >= 11 is 0.487. The Labute approximate surface area is 306 Å². The average Bonchev–Trinajstić information content (AvgIpc) is 3.59. The Morgan fingerprint density at radius 2 is 1.47 bits per heavy atom. The topological polar surface area (TPSA) is 151 Å². The van der Waals surface area contributed by atoms with Crippen LogP contribution in [0.25, 0.3) is 0 Å². The first kappa shape index (κ1) is 39.6. The standard InChI is InChI=1S/C36H37F5N4O6S2/c1-51-34(48)43-31(30(23-8-4-2-5-9-23)24-10-6-3-7-11-24)33(47)44-32(36(39,40)41)29-17-16-28(52-29)27(21-46)45(20-22-18-35(37,38)19-22)53(49,50)26-14-12-25(42)13-15-26/h2-17,22,27,30-32,46H,18-21,42H2,1H3,(H,43,48)(H,44,47)/t27-,31+,32-/m1/s1. The number of nitrogens with two attached hydrogens (primary N) is 1. The van der Waals surface area contributed by atoms with Crippen molar-refractivity contribution in [1.29, 1.82) is 0 Å². The van der Waals surface area contributed by atoms with Gasteiger partial charge in [0.25, 0.3) is 0 Å². The Balaban J connectivity index is 1.50. The van der Waals surface area contributed by atoms with E-state index in [1.165, 1.54) is 30.3 Å². The number of anilines is 1. The Kier molecular flexibility index (Phi) is 12.1. The number of hydrogen-bond acceptors (Lipinski definition) is 8. The number of methoxy groups -OCH3 is 1. The smallest absolute Gasteiger partial charge is 0.413 e. The lowest BCUT2D eigenvalue weighted by Crippen LogP contribution is -2.52. The summed E-state index contributed by atoms with van der Waals surface area (Å²) in [6.45, 7) is -1.34. The van der Waals surface area contributed by atoms with Crippen LogP contribution in [0.2, 0.25) is 0 Å². The van der Waals surface area contributed by atoms with E-state index in [2.05, 4.69) is 5.32 Å². The number of aliphatic hydroxyl groups excluding tert-OH is 1. The molecule has 2 amide bonds. The summed E-state index contributed by atoms with van der Waals surface area (Å²) in [5.41, 5.74) is 6.98. The van der Waals surface area contributed by atoms with Gasteiger partial charge in [0, 0.05) is 40.7 Å². The maximum absolute atomic E-state index is 14.8. The van der Waals surface area contributed by atoms with Crippen LogP contribution in [-0.4, -0.2) is 68.2 Å². The van der Waals surface area contributed by atoms with Crippen molar-refractivity contribution in [2.75, 3.05) is 26.0 Å². The number of rotatable bonds is 14. The second-order valence-electron chi connectivity index (χ2n) is 12.6. The van der Waals surface area contributed by atoms with Crippen LogP contribution in [0.3, 0.4) is 0 Å². The van der Waals surface area contributed by atoms with Gasteiger partial charge in [0.1, 0.15) is 6.04 Å². The fraction of sp³-hybridized carbons (Fsp3) is 0.333. The molecule has 1 fully saturated rings. The summed E-state index contributed by atoms with van der Waals surface area (Å²) in [5, 5.41) is 14.9. The molecule has 3 atom stereocenters. The molecule has 0 spiro atoms. The SMILES string of the molecule is COC(=O)N[C@H](C(=O)N[C@H](c1ccc([C@@H](CO)N(CC2CC(F)(F)C2)S(=O)(=O)c2ccc(N)cc2)s1)C(F)(F)F)C(c1ccccc1)c1ccccc1. The van der Waals surface area contributed by atoms with Crippen molar-refractivity contribution in [1.82, 2.24) is 14.9 Å². The van der Waals surface area contributed by atoms with Crippen molar-refractivity contribution in [3.63, 3.8) is 0 Å². The lowest BCUT2D eigenvalue weighted by Gasteiger charge is -2.39. The van der Waals surface area contributed by atoms with Gasteiger partial charge >= 0.3 is 12.3 Å². The minimum atomic E-state index is -5.09. The molecule has 1 aliphatic rings. The first-order chi connectivity index (χ1) is 25.0. The molecule has 284 valence electrons. The van der Waals surface area contributed by atoms with Crippen LogP contribution in [0.5, 0.6) is 0 Å². The number of carbonyl (C=O) groups excluding carboxylic acids is 2. The highest BCUT2D eigenvalue weighted by molar-refractivity contribution is 7.89. The van der Waals surface area contributed by atoms with Crippen LogP contribution < -0.4 is 16.4 Å². The molecule has 1 aliphatic carbocycles. The van der Waals surface area contributed by atoms with E-state index in [-0.39, 0.29) is 15.5 Å².